The van der Waals surface area contributed by atoms with Crippen molar-refractivity contribution < 1.29 is 24.2 Å². The average Bonchev–Trinajstić information content (AvgIpc) is 3.24. The van der Waals surface area contributed by atoms with Gasteiger partial charge in [0, 0.05) is 11.4 Å². The van der Waals surface area contributed by atoms with Gasteiger partial charge in [0.15, 0.2) is 11.5 Å². The molecule has 10 nitrogen and oxygen atoms in total. The van der Waals surface area contributed by atoms with Crippen molar-refractivity contribution in [3.8, 4) is 17.2 Å². The molecule has 4 rings (SSSR count). The Balaban J connectivity index is 1.80. The highest BCUT2D eigenvalue weighted by Gasteiger charge is 2.35. The molecular weight excluding hydrogens is 438 g/mol. The maximum atomic E-state index is 13.5. The van der Waals surface area contributed by atoms with Gasteiger partial charge in [0.2, 0.25) is 0 Å². The number of nitrogens with one attached hydrogen (secondary N) is 2. The van der Waals surface area contributed by atoms with Crippen LogP contribution in [0.3, 0.4) is 0 Å². The molecule has 0 saturated heterocycles. The zero-order valence-corrected chi connectivity index (χ0v) is 19.0. The van der Waals surface area contributed by atoms with Crippen molar-refractivity contribution in [3.05, 3.63) is 71.1 Å². The highest BCUT2D eigenvalue weighted by molar-refractivity contribution is 6.07. The van der Waals surface area contributed by atoms with Crippen molar-refractivity contribution >= 4 is 23.3 Å². The first-order valence-corrected chi connectivity index (χ1v) is 10.6. The zero-order valence-electron chi connectivity index (χ0n) is 19.0. The fourth-order valence-electron chi connectivity index (χ4n) is 3.88. The summed E-state index contributed by atoms with van der Waals surface area (Å²) in [5.74, 6) is 0.276. The van der Waals surface area contributed by atoms with Gasteiger partial charge in [-0.25, -0.2) is 4.68 Å². The Hall–Kier alpha value is -4.47. The van der Waals surface area contributed by atoms with E-state index in [0.29, 0.717) is 40.7 Å². The second-order valence-corrected chi connectivity index (χ2v) is 7.62. The van der Waals surface area contributed by atoms with Crippen LogP contribution in [0.25, 0.3) is 0 Å². The van der Waals surface area contributed by atoms with Crippen LogP contribution in [0, 0.1) is 0 Å². The fourth-order valence-corrected chi connectivity index (χ4v) is 3.88. The summed E-state index contributed by atoms with van der Waals surface area (Å²) >= 11 is 0. The third kappa shape index (κ3) is 4.13. The molecule has 0 bridgehead atoms. The van der Waals surface area contributed by atoms with Gasteiger partial charge in [-0.3, -0.25) is 9.59 Å². The molecule has 2 heterocycles. The van der Waals surface area contributed by atoms with Crippen LogP contribution in [0.5, 0.6) is 17.2 Å². The molecule has 0 saturated carbocycles. The molecule has 2 aromatic carbocycles. The lowest BCUT2D eigenvalue weighted by Gasteiger charge is -2.30. The van der Waals surface area contributed by atoms with Gasteiger partial charge in [-0.2, -0.15) is 5.10 Å². The third-order valence-electron chi connectivity index (χ3n) is 5.48. The van der Waals surface area contributed by atoms with E-state index in [1.54, 1.807) is 57.4 Å². The van der Waals surface area contributed by atoms with E-state index in [-0.39, 0.29) is 23.0 Å². The van der Waals surface area contributed by atoms with Gasteiger partial charge in [-0.15, -0.1) is 0 Å². The summed E-state index contributed by atoms with van der Waals surface area (Å²) in [5, 5.41) is 20.5. The summed E-state index contributed by atoms with van der Waals surface area (Å²) in [6, 6.07) is 11.1. The molecule has 0 aliphatic carbocycles. The maximum absolute atomic E-state index is 13.5. The summed E-state index contributed by atoms with van der Waals surface area (Å²) in [6.45, 7) is 3.89. The van der Waals surface area contributed by atoms with E-state index in [1.807, 2.05) is 0 Å². The minimum absolute atomic E-state index is 0.0250. The molecule has 0 spiro atoms. The van der Waals surface area contributed by atoms with Crippen molar-refractivity contribution in [2.24, 2.45) is 5.73 Å². The van der Waals surface area contributed by atoms with Gasteiger partial charge < -0.3 is 30.9 Å². The quantitative estimate of drug-likeness (QED) is 0.422. The van der Waals surface area contributed by atoms with Crippen molar-refractivity contribution in [3.63, 3.8) is 0 Å². The molecule has 1 atom stereocenters. The van der Waals surface area contributed by atoms with Crippen molar-refractivity contribution in [2.45, 2.75) is 19.9 Å². The van der Waals surface area contributed by atoms with Crippen LogP contribution in [0.15, 0.2) is 59.9 Å². The number of hydrogen-bond donors (Lipinski definition) is 4. The molecule has 1 aliphatic heterocycles. The van der Waals surface area contributed by atoms with Gasteiger partial charge >= 0.3 is 0 Å². The molecule has 5 N–H and O–H groups in total. The lowest BCUT2D eigenvalue weighted by Crippen LogP contribution is -2.32. The number of ether oxygens (including phenoxy) is 2. The highest BCUT2D eigenvalue weighted by Crippen LogP contribution is 2.40. The number of benzene rings is 2. The van der Waals surface area contributed by atoms with Crippen LogP contribution in [0.1, 0.15) is 35.8 Å². The first-order valence-electron chi connectivity index (χ1n) is 10.6. The maximum Gasteiger partial charge on any atom is 0.255 e. The zero-order chi connectivity index (χ0) is 24.4. The van der Waals surface area contributed by atoms with Crippen molar-refractivity contribution in [2.75, 3.05) is 24.4 Å². The number of methoxy groups -OCH3 is 1. The molecule has 1 aromatic heterocycles. The first kappa shape index (κ1) is 22.7. The number of hydrogen-bond acceptors (Lipinski definition) is 7. The van der Waals surface area contributed by atoms with Gasteiger partial charge in [0.05, 0.1) is 25.5 Å². The molecule has 2 amide bonds. The minimum atomic E-state index is -0.720. The van der Waals surface area contributed by atoms with E-state index in [4.69, 9.17) is 15.2 Å². The molecule has 0 radical (unpaired) electrons. The lowest BCUT2D eigenvalue weighted by molar-refractivity contribution is -0.113. The summed E-state index contributed by atoms with van der Waals surface area (Å²) < 4.78 is 12.2. The third-order valence-corrected chi connectivity index (χ3v) is 5.48. The lowest BCUT2D eigenvalue weighted by atomic mass is 9.94. The molecular formula is C24H25N5O5. The standard InChI is InChI=1S/C24H25N5O5/c1-4-34-19-11-14(5-10-18(19)30)21-20(24(32)28-15-6-8-16(33-3)9-7-15)13(2)27-23-17(22(25)31)12-26-29(21)23/h5-12,21,27,30H,4H2,1-3H3,(H2,25,31)(H,28,32). The van der Waals surface area contributed by atoms with Crippen molar-refractivity contribution in [1.29, 1.82) is 0 Å². The van der Waals surface area contributed by atoms with Crippen molar-refractivity contribution in [1.82, 2.24) is 9.78 Å². The number of carbonyl (C=O) groups is 2. The SMILES string of the molecule is CCOc1cc(C2C(C(=O)Nc3ccc(OC)cc3)=C(C)Nc3c(C(N)=O)cnn32)ccc1O. The second-order valence-electron chi connectivity index (χ2n) is 7.62. The van der Waals surface area contributed by atoms with Crippen LogP contribution in [0.4, 0.5) is 11.5 Å². The molecule has 34 heavy (non-hydrogen) atoms. The predicted octanol–water partition coefficient (Wildman–Crippen LogP) is 3.02. The summed E-state index contributed by atoms with van der Waals surface area (Å²) in [7, 11) is 1.57. The summed E-state index contributed by atoms with van der Waals surface area (Å²) in [6.07, 6.45) is 1.36. The number of phenolic OH excluding ortho intramolecular Hbond substituents is 1. The van der Waals surface area contributed by atoms with Gasteiger partial charge in [-0.1, -0.05) is 6.07 Å². The van der Waals surface area contributed by atoms with E-state index in [2.05, 4.69) is 15.7 Å². The number of phenols is 1. The van der Waals surface area contributed by atoms with E-state index < -0.39 is 11.9 Å². The van der Waals surface area contributed by atoms with E-state index in [1.165, 1.54) is 16.9 Å². The van der Waals surface area contributed by atoms with E-state index >= 15 is 0 Å². The molecule has 10 heteroatoms. The van der Waals surface area contributed by atoms with E-state index in [0.717, 1.165) is 0 Å². The van der Waals surface area contributed by atoms with Crippen LogP contribution in [-0.4, -0.2) is 40.4 Å². The van der Waals surface area contributed by atoms with Crippen LogP contribution in [-0.2, 0) is 4.79 Å². The van der Waals surface area contributed by atoms with Gasteiger partial charge in [-0.05, 0) is 55.8 Å². The molecule has 0 fully saturated rings. The monoisotopic (exact) mass is 463 g/mol. The normalized spacial score (nSPS) is 14.7. The number of amides is 2. The Morgan fingerprint density at radius 1 is 1.24 bits per heavy atom. The number of nitrogens with zero attached hydrogens (tertiary/aromatic N) is 2. The van der Waals surface area contributed by atoms with Crippen LogP contribution >= 0.6 is 0 Å². The minimum Gasteiger partial charge on any atom is -0.504 e. The first-order chi connectivity index (χ1) is 16.3. The highest BCUT2D eigenvalue weighted by atomic mass is 16.5. The Morgan fingerprint density at radius 3 is 2.62 bits per heavy atom. The van der Waals surface area contributed by atoms with Gasteiger partial charge in [0.1, 0.15) is 23.2 Å². The Bertz CT molecular complexity index is 1280. The molecule has 1 unspecified atom stereocenters. The summed E-state index contributed by atoms with van der Waals surface area (Å²) in [4.78, 5) is 25.4. The number of carbonyl (C=O) groups excluding carboxylic acids is 2. The number of anilines is 2. The number of aromatic hydroxyl groups is 1. The van der Waals surface area contributed by atoms with Crippen LogP contribution < -0.4 is 25.8 Å². The number of rotatable bonds is 7. The molecule has 1 aliphatic rings. The number of aromatic nitrogens is 2. The number of fused-ring (bicyclic) bond motifs is 1. The molecule has 176 valence electrons. The molecule has 3 aromatic rings. The topological polar surface area (TPSA) is 141 Å². The Morgan fingerprint density at radius 2 is 1.97 bits per heavy atom. The fraction of sp³-hybridized carbons (Fsp3) is 0.208. The smallest absolute Gasteiger partial charge is 0.255 e. The Labute approximate surface area is 196 Å². The second kappa shape index (κ2) is 9.18. The van der Waals surface area contributed by atoms with E-state index in [9.17, 15) is 14.7 Å². The number of allylic oxidation sites excluding steroid dienone is 1. The predicted molar refractivity (Wildman–Crippen MR) is 126 cm³/mol. The largest absolute Gasteiger partial charge is 0.504 e. The van der Waals surface area contributed by atoms with Gasteiger partial charge in [0.25, 0.3) is 11.8 Å². The Kier molecular flexibility index (Phi) is 6.13. The average molecular weight is 463 g/mol. The number of nitrogens with two attached hydrogens (primary N) is 1. The van der Waals surface area contributed by atoms with Crippen LogP contribution in [0.2, 0.25) is 0 Å². The summed E-state index contributed by atoms with van der Waals surface area (Å²) in [5.41, 5.74) is 7.82. The number of primary amides is 1.